The molecule has 6 rings (SSSR count). The van der Waals surface area contributed by atoms with Crippen molar-refractivity contribution in [1.82, 2.24) is 4.98 Å². The Hall–Kier alpha value is -2.34. The summed E-state index contributed by atoms with van der Waals surface area (Å²) < 4.78 is 6.40. The van der Waals surface area contributed by atoms with E-state index in [-0.39, 0.29) is 51.2 Å². The monoisotopic (exact) mass is 896 g/mol. The summed E-state index contributed by atoms with van der Waals surface area (Å²) in [6, 6.07) is 16.5. The van der Waals surface area contributed by atoms with Gasteiger partial charge in [-0.1, -0.05) is 67.2 Å². The molecule has 2 fully saturated rings. The molecule has 13 heteroatoms. The molecule has 5 atom stereocenters. The van der Waals surface area contributed by atoms with Crippen molar-refractivity contribution in [2.45, 2.75) is 41.9 Å². The third-order valence-electron chi connectivity index (χ3n) is 8.82. The maximum Gasteiger partial charge on any atom is 0.339 e. The molecule has 2 heterocycles. The summed E-state index contributed by atoms with van der Waals surface area (Å²) in [6.07, 6.45) is 0.115. The van der Waals surface area contributed by atoms with E-state index < -0.39 is 17.9 Å². The third kappa shape index (κ3) is 6.73. The van der Waals surface area contributed by atoms with Gasteiger partial charge < -0.3 is 4.74 Å². The van der Waals surface area contributed by atoms with Crippen molar-refractivity contribution in [3.8, 4) is 11.3 Å². The molecule has 2 aliphatic rings. The van der Waals surface area contributed by atoms with Gasteiger partial charge in [-0.25, -0.2) is 9.78 Å². The lowest BCUT2D eigenvalue weighted by molar-refractivity contribution is -0.122. The van der Waals surface area contributed by atoms with E-state index in [4.69, 9.17) is 44.5 Å². The number of esters is 1. The summed E-state index contributed by atoms with van der Waals surface area (Å²) in [5, 5.41) is 1.38. The number of imide groups is 1. The number of ketones is 1. The second kappa shape index (κ2) is 14.5. The minimum Gasteiger partial charge on any atom is -0.450 e. The summed E-state index contributed by atoms with van der Waals surface area (Å²) in [4.78, 5) is 60.3. The molecular weight excluding hydrogens is 874 g/mol. The Morgan fingerprint density at radius 1 is 0.958 bits per heavy atom. The largest absolute Gasteiger partial charge is 0.450 e. The molecule has 248 valence electrons. The molecule has 3 aromatic carbocycles. The molecule has 1 saturated heterocycles. The number of hydrogen-bond acceptors (Lipinski definition) is 6. The first-order valence-corrected chi connectivity index (χ1v) is 18.9. The van der Waals surface area contributed by atoms with Gasteiger partial charge in [0, 0.05) is 48.0 Å². The first-order chi connectivity index (χ1) is 22.9. The van der Waals surface area contributed by atoms with Crippen molar-refractivity contribution in [3.63, 3.8) is 0 Å². The van der Waals surface area contributed by atoms with Crippen molar-refractivity contribution < 1.29 is 23.9 Å². The van der Waals surface area contributed by atoms with Crippen LogP contribution in [0.5, 0.6) is 0 Å². The number of Topliss-reactive ketones (excluding diaryl/α,β-unsaturated/α-hetero) is 1. The first kappa shape index (κ1) is 35.5. The second-order valence-electron chi connectivity index (χ2n) is 11.8. The molecule has 1 saturated carbocycles. The highest BCUT2D eigenvalue weighted by molar-refractivity contribution is 9.12. The number of pyridine rings is 1. The smallest absolute Gasteiger partial charge is 0.339 e. The van der Waals surface area contributed by atoms with Crippen LogP contribution in [0.15, 0.2) is 65.1 Å². The summed E-state index contributed by atoms with van der Waals surface area (Å²) in [5.41, 5.74) is 3.13. The van der Waals surface area contributed by atoms with Crippen LogP contribution in [0.25, 0.3) is 22.2 Å². The fourth-order valence-corrected chi connectivity index (χ4v) is 8.47. The summed E-state index contributed by atoms with van der Waals surface area (Å²) in [7, 11) is 0. The number of benzene rings is 3. The number of hydrogen-bond donors (Lipinski definition) is 0. The van der Waals surface area contributed by atoms with E-state index in [2.05, 4.69) is 47.8 Å². The molecule has 0 radical (unpaired) electrons. The maximum atomic E-state index is 13.9. The predicted octanol–water partition coefficient (Wildman–Crippen LogP) is 9.74. The number of aryl methyl sites for hydroxylation is 1. The quantitative estimate of drug-likeness (QED) is 0.0757. The van der Waals surface area contributed by atoms with Gasteiger partial charge in [0.1, 0.15) is 0 Å². The van der Waals surface area contributed by atoms with Gasteiger partial charge in [0.2, 0.25) is 17.6 Å². The minimum atomic E-state index is -1.14. The molecular formula is C35H26Br3Cl3N2O5. The average molecular weight is 901 g/mol. The van der Waals surface area contributed by atoms with Crippen molar-refractivity contribution in [2.24, 2.45) is 11.8 Å². The number of fused-ring (bicyclic) bond motifs is 2. The van der Waals surface area contributed by atoms with Crippen LogP contribution in [0.4, 0.5) is 5.69 Å². The fraction of sp³-hybridized carbons (Fsp3) is 0.286. The molecule has 1 aliphatic heterocycles. The third-order valence-corrected chi connectivity index (χ3v) is 13.4. The van der Waals surface area contributed by atoms with Gasteiger partial charge in [-0.3, -0.25) is 19.3 Å². The first-order valence-electron chi connectivity index (χ1n) is 15.0. The van der Waals surface area contributed by atoms with Gasteiger partial charge in [-0.05, 0) is 89.8 Å². The van der Waals surface area contributed by atoms with E-state index in [1.807, 2.05) is 0 Å². The number of ether oxygens (including phenoxy) is 1. The standard InChI is InChI=1S/C35H26Br3Cl3N2O5/c1-16-30(41)27(38)12-21-24(35(47)48-29(10-11-39)32(44)18-2-6-19(40)7-3-18)15-28(42-31(16)21)17-4-8-20(9-5-17)43-33(45)22-13-25(36)26(37)14-23(22)34(43)46/h2-9,12,15,22-23,25-26,29H,10-11,13-14H2,1H3. The van der Waals surface area contributed by atoms with Crippen molar-refractivity contribution >= 4 is 123 Å². The highest BCUT2D eigenvalue weighted by atomic mass is 79.9. The van der Waals surface area contributed by atoms with Gasteiger partial charge in [0.15, 0.2) is 6.10 Å². The highest BCUT2D eigenvalue weighted by Crippen LogP contribution is 2.45. The summed E-state index contributed by atoms with van der Waals surface area (Å²) in [6.45, 7) is 1.80. The van der Waals surface area contributed by atoms with Gasteiger partial charge in [-0.2, -0.15) is 0 Å². The van der Waals surface area contributed by atoms with Crippen LogP contribution in [-0.4, -0.2) is 50.2 Å². The Bertz CT molecular complexity index is 1930. The highest BCUT2D eigenvalue weighted by Gasteiger charge is 2.52. The zero-order valence-corrected chi connectivity index (χ0v) is 32.2. The summed E-state index contributed by atoms with van der Waals surface area (Å²) in [5.74, 6) is -2.20. The Balaban J connectivity index is 1.35. The number of amides is 2. The van der Waals surface area contributed by atoms with E-state index in [0.29, 0.717) is 66.3 Å². The normalized spacial score (nSPS) is 21.4. The van der Waals surface area contributed by atoms with E-state index in [9.17, 15) is 19.2 Å². The Morgan fingerprint density at radius 3 is 2.15 bits per heavy atom. The van der Waals surface area contributed by atoms with Crippen LogP contribution in [0.3, 0.4) is 0 Å². The number of carbonyl (C=O) groups excluding carboxylic acids is 4. The topological polar surface area (TPSA) is 93.6 Å². The number of carbonyl (C=O) groups is 4. The van der Waals surface area contributed by atoms with Gasteiger partial charge >= 0.3 is 5.97 Å². The number of anilines is 1. The number of rotatable bonds is 8. The molecule has 0 bridgehead atoms. The number of alkyl halides is 3. The average Bonchev–Trinajstić information content (AvgIpc) is 3.31. The zero-order chi connectivity index (χ0) is 34.4. The van der Waals surface area contributed by atoms with Gasteiger partial charge in [0.05, 0.1) is 39.3 Å². The minimum absolute atomic E-state index is 0.0864. The number of nitrogens with zero attached hydrogens (tertiary/aromatic N) is 2. The molecule has 7 nitrogen and oxygen atoms in total. The lowest BCUT2D eigenvalue weighted by atomic mass is 9.81. The Labute approximate surface area is 317 Å². The Kier molecular flexibility index (Phi) is 10.7. The van der Waals surface area contributed by atoms with Crippen LogP contribution >= 0.6 is 82.6 Å². The van der Waals surface area contributed by atoms with E-state index >= 15 is 0 Å². The lowest BCUT2D eigenvalue weighted by Crippen LogP contribution is -2.34. The van der Waals surface area contributed by atoms with Gasteiger partial charge in [0.25, 0.3) is 0 Å². The molecule has 0 N–H and O–H groups in total. The van der Waals surface area contributed by atoms with Crippen molar-refractivity contribution in [3.05, 3.63) is 91.9 Å². The van der Waals surface area contributed by atoms with Crippen molar-refractivity contribution in [2.75, 3.05) is 10.8 Å². The molecule has 4 aromatic rings. The fourth-order valence-electron chi connectivity index (χ4n) is 6.24. The SMILES string of the molecule is Cc1c(Cl)c(Br)cc2c(C(=O)OC(CCCl)C(=O)c3ccc(Cl)cc3)cc(-c3ccc(N4C(=O)C5CC(Br)C(Br)CC5C4=O)cc3)nc12. The van der Waals surface area contributed by atoms with Crippen LogP contribution in [0, 0.1) is 18.8 Å². The second-order valence-corrected chi connectivity index (χ2v) is 16.2. The van der Waals surface area contributed by atoms with Gasteiger partial charge in [-0.15, -0.1) is 11.6 Å². The summed E-state index contributed by atoms with van der Waals surface area (Å²) >= 11 is 29.3. The van der Waals surface area contributed by atoms with Crippen LogP contribution in [0.2, 0.25) is 10.0 Å². The van der Waals surface area contributed by atoms with Crippen LogP contribution in [0.1, 0.15) is 45.5 Å². The van der Waals surface area contributed by atoms with Crippen LogP contribution in [-0.2, 0) is 14.3 Å². The number of aromatic nitrogens is 1. The Morgan fingerprint density at radius 2 is 1.56 bits per heavy atom. The predicted molar refractivity (Wildman–Crippen MR) is 199 cm³/mol. The molecule has 0 spiro atoms. The molecule has 48 heavy (non-hydrogen) atoms. The molecule has 2 amide bonds. The maximum absolute atomic E-state index is 13.9. The van der Waals surface area contributed by atoms with Crippen molar-refractivity contribution in [1.29, 1.82) is 0 Å². The van der Waals surface area contributed by atoms with E-state index in [1.165, 1.54) is 4.90 Å². The molecule has 1 aromatic heterocycles. The molecule has 1 aliphatic carbocycles. The zero-order valence-electron chi connectivity index (χ0n) is 25.2. The van der Waals surface area contributed by atoms with E-state index in [0.717, 1.165) is 0 Å². The van der Waals surface area contributed by atoms with E-state index in [1.54, 1.807) is 67.6 Å². The number of halogens is 6. The van der Waals surface area contributed by atoms with Crippen LogP contribution < -0.4 is 4.90 Å². The molecule has 5 unspecified atom stereocenters. The lowest BCUT2D eigenvalue weighted by Gasteiger charge is -2.29.